The van der Waals surface area contributed by atoms with Crippen molar-refractivity contribution in [2.45, 2.75) is 43.8 Å². The third-order valence-corrected chi connectivity index (χ3v) is 7.35. The third kappa shape index (κ3) is 5.21. The van der Waals surface area contributed by atoms with E-state index in [9.17, 15) is 23.1 Å². The number of hydrogen-bond donors (Lipinski definition) is 1. The predicted octanol–water partition coefficient (Wildman–Crippen LogP) is 4.12. The number of benzene rings is 2. The van der Waals surface area contributed by atoms with E-state index in [0.717, 1.165) is 22.1 Å². The summed E-state index contributed by atoms with van der Waals surface area (Å²) in [7, 11) is 3.88. The molecule has 1 N–H and O–H groups in total. The molecule has 5 rings (SSSR count). The average molecular weight is 582 g/mol. The molecule has 0 saturated heterocycles. The van der Waals surface area contributed by atoms with Gasteiger partial charge < -0.3 is 5.11 Å². The first-order valence-corrected chi connectivity index (χ1v) is 12.7. The number of hydrogen-bond acceptors (Lipinski definition) is 6. The molecule has 39 heavy (non-hydrogen) atoms. The molecule has 1 unspecified atom stereocenters. The molecule has 0 spiro atoms. The molecule has 1 aliphatic carbocycles. The Morgan fingerprint density at radius 3 is 2.33 bits per heavy atom. The third-order valence-electron chi connectivity index (χ3n) is 6.78. The van der Waals surface area contributed by atoms with Crippen LogP contribution in [0.2, 0.25) is 10.0 Å². The molecule has 0 aliphatic heterocycles. The van der Waals surface area contributed by atoms with Crippen molar-refractivity contribution < 1.29 is 18.3 Å². The predicted molar refractivity (Wildman–Crippen MR) is 139 cm³/mol. The van der Waals surface area contributed by atoms with Crippen LogP contribution in [0.15, 0.2) is 53.3 Å². The Bertz CT molecular complexity index is 1560. The normalized spacial score (nSPS) is 15.6. The van der Waals surface area contributed by atoms with Crippen molar-refractivity contribution in [2.24, 2.45) is 0 Å². The molecule has 2 aromatic heterocycles. The molecule has 0 amide bonds. The molecule has 0 bridgehead atoms. The lowest BCUT2D eigenvalue weighted by Gasteiger charge is -2.23. The molecular formula is C25H24Cl2F3N7O2. The lowest BCUT2D eigenvalue weighted by Crippen LogP contribution is -2.37. The van der Waals surface area contributed by atoms with Gasteiger partial charge in [0.05, 0.1) is 22.8 Å². The number of aliphatic hydroxyl groups is 1. The van der Waals surface area contributed by atoms with E-state index in [1.54, 1.807) is 22.9 Å². The Hall–Kier alpha value is -3.19. The maximum atomic E-state index is 13.3. The Morgan fingerprint density at radius 1 is 1.08 bits per heavy atom. The Morgan fingerprint density at radius 2 is 1.74 bits per heavy atom. The summed E-state index contributed by atoms with van der Waals surface area (Å²) in [4.78, 5) is 20.1. The molecule has 2 aromatic carbocycles. The average Bonchev–Trinajstić information content (AvgIpc) is 3.51. The maximum Gasteiger partial charge on any atom is 0.416 e. The van der Waals surface area contributed by atoms with E-state index < -0.39 is 24.5 Å². The number of nitrogens with zero attached hydrogens (tertiary/aromatic N) is 7. The highest BCUT2D eigenvalue weighted by Crippen LogP contribution is 2.49. The summed E-state index contributed by atoms with van der Waals surface area (Å²) in [5.41, 5.74) is -0.272. The van der Waals surface area contributed by atoms with Crippen LogP contribution in [0.4, 0.5) is 13.2 Å². The van der Waals surface area contributed by atoms with E-state index in [1.165, 1.54) is 24.3 Å². The van der Waals surface area contributed by atoms with Crippen LogP contribution in [0.25, 0.3) is 17.1 Å². The summed E-state index contributed by atoms with van der Waals surface area (Å²) in [5, 5.41) is 19.5. The number of alkyl halides is 3. The first-order valence-electron chi connectivity index (χ1n) is 12.0. The molecule has 1 aliphatic rings. The second-order valence-corrected chi connectivity index (χ2v) is 10.4. The topological polar surface area (TPSA) is 94.0 Å². The minimum absolute atomic E-state index is 0.0577. The molecule has 206 valence electrons. The van der Waals surface area contributed by atoms with Crippen LogP contribution in [-0.2, 0) is 18.6 Å². The number of aliphatic hydroxyl groups excluding tert-OH is 1. The van der Waals surface area contributed by atoms with Crippen molar-refractivity contribution in [3.8, 4) is 17.1 Å². The lowest BCUT2D eigenvalue weighted by molar-refractivity contribution is -0.207. The van der Waals surface area contributed by atoms with Gasteiger partial charge in [0.2, 0.25) is 0 Å². The van der Waals surface area contributed by atoms with Crippen LogP contribution in [0.5, 0.6) is 0 Å². The van der Waals surface area contributed by atoms with E-state index in [0.29, 0.717) is 27.1 Å². The molecule has 2 heterocycles. The summed E-state index contributed by atoms with van der Waals surface area (Å²) in [6.45, 7) is -1.25. The van der Waals surface area contributed by atoms with Gasteiger partial charge in [-0.1, -0.05) is 35.3 Å². The molecule has 1 saturated carbocycles. The summed E-state index contributed by atoms with van der Waals surface area (Å²) in [5.74, 6) is 0.801. The van der Waals surface area contributed by atoms with Gasteiger partial charge in [-0.25, -0.2) is 19.1 Å². The molecular weight excluding hydrogens is 558 g/mol. The van der Waals surface area contributed by atoms with Crippen LogP contribution in [0.1, 0.15) is 24.5 Å². The highest BCUT2D eigenvalue weighted by molar-refractivity contribution is 6.32. The molecule has 1 atom stereocenters. The van der Waals surface area contributed by atoms with Gasteiger partial charge in [-0.3, -0.25) is 9.47 Å². The van der Waals surface area contributed by atoms with E-state index in [-0.39, 0.29) is 23.7 Å². The minimum Gasteiger partial charge on any atom is -0.382 e. The van der Waals surface area contributed by atoms with Gasteiger partial charge in [0.1, 0.15) is 6.54 Å². The van der Waals surface area contributed by atoms with Crippen molar-refractivity contribution in [1.29, 1.82) is 0 Å². The summed E-state index contributed by atoms with van der Waals surface area (Å²) in [6.07, 6.45) is -6.01. The smallest absolute Gasteiger partial charge is 0.382 e. The molecule has 0 radical (unpaired) electrons. The van der Waals surface area contributed by atoms with Gasteiger partial charge in [0.15, 0.2) is 23.6 Å². The zero-order valence-electron chi connectivity index (χ0n) is 20.9. The maximum absolute atomic E-state index is 13.3. The summed E-state index contributed by atoms with van der Waals surface area (Å²) < 4.78 is 43.0. The Balaban J connectivity index is 1.59. The first kappa shape index (κ1) is 27.4. The van der Waals surface area contributed by atoms with Crippen molar-refractivity contribution in [3.05, 3.63) is 80.7 Å². The molecule has 14 heteroatoms. The van der Waals surface area contributed by atoms with Crippen LogP contribution in [0.3, 0.4) is 0 Å². The fourth-order valence-corrected chi connectivity index (χ4v) is 4.78. The van der Waals surface area contributed by atoms with E-state index in [2.05, 4.69) is 10.2 Å². The van der Waals surface area contributed by atoms with Gasteiger partial charge in [0.25, 0.3) is 0 Å². The van der Waals surface area contributed by atoms with Crippen LogP contribution in [-0.4, -0.2) is 65.5 Å². The van der Waals surface area contributed by atoms with E-state index >= 15 is 0 Å². The fraction of sp³-hybridized carbons (Fsp3) is 0.360. The molecule has 4 aromatic rings. The van der Waals surface area contributed by atoms with Gasteiger partial charge >= 0.3 is 11.9 Å². The summed E-state index contributed by atoms with van der Waals surface area (Å²) in [6, 6.07) is 13.3. The Labute approximate surface area is 231 Å². The molecule has 9 nitrogen and oxygen atoms in total. The highest BCUT2D eigenvalue weighted by Gasteiger charge is 2.51. The number of rotatable bonds is 8. The second kappa shape index (κ2) is 10.1. The first-order chi connectivity index (χ1) is 18.4. The van der Waals surface area contributed by atoms with Gasteiger partial charge in [-0.15, -0.1) is 10.2 Å². The van der Waals surface area contributed by atoms with Crippen LogP contribution < -0.4 is 5.69 Å². The minimum atomic E-state index is -4.92. The van der Waals surface area contributed by atoms with Crippen LogP contribution >= 0.6 is 23.2 Å². The number of halogens is 5. The van der Waals surface area contributed by atoms with Crippen molar-refractivity contribution in [3.63, 3.8) is 0 Å². The van der Waals surface area contributed by atoms with E-state index in [1.807, 2.05) is 25.1 Å². The van der Waals surface area contributed by atoms with Crippen molar-refractivity contribution >= 4 is 23.2 Å². The second-order valence-electron chi connectivity index (χ2n) is 9.58. The zero-order chi connectivity index (χ0) is 28.1. The van der Waals surface area contributed by atoms with E-state index in [4.69, 9.17) is 28.2 Å². The van der Waals surface area contributed by atoms with Gasteiger partial charge in [0, 0.05) is 10.6 Å². The molecule has 1 fully saturated rings. The largest absolute Gasteiger partial charge is 0.416 e. The monoisotopic (exact) mass is 581 g/mol. The Kier molecular flexibility index (Phi) is 7.08. The lowest BCUT2D eigenvalue weighted by atomic mass is 10.2. The van der Waals surface area contributed by atoms with Crippen LogP contribution in [0, 0.1) is 0 Å². The fourth-order valence-electron chi connectivity index (χ4n) is 4.44. The zero-order valence-corrected chi connectivity index (χ0v) is 22.4. The van der Waals surface area contributed by atoms with Gasteiger partial charge in [-0.05, 0) is 63.3 Å². The van der Waals surface area contributed by atoms with Gasteiger partial charge in [-0.2, -0.15) is 13.2 Å². The SMILES string of the molecule is CN(C)C1(c2nc(Cn3nc(-c4ccc(Cl)cc4)n(CC(O)C(F)(F)F)c3=O)nn2-c2ccccc2Cl)CC1. The highest BCUT2D eigenvalue weighted by atomic mass is 35.5. The number of aromatic nitrogens is 6. The standard InChI is InChI=1S/C25H24Cl2F3N7O2/c1-34(2)24(11-12-24)22-31-20(32-37(22)18-6-4-3-5-17(18)27)14-36-23(39)35(13-19(38)25(28,29)30)21(33-36)15-7-9-16(26)10-8-15/h3-10,19,38H,11-14H2,1-2H3. The summed E-state index contributed by atoms with van der Waals surface area (Å²) >= 11 is 12.4. The van der Waals surface area contributed by atoms with Crippen molar-refractivity contribution in [1.82, 2.24) is 34.0 Å². The number of para-hydroxylation sites is 1. The quantitative estimate of drug-likeness (QED) is 0.336. The van der Waals surface area contributed by atoms with Crippen molar-refractivity contribution in [2.75, 3.05) is 14.1 Å².